The molecule has 4 aliphatic rings. The van der Waals surface area contributed by atoms with Crippen molar-refractivity contribution in [3.8, 4) is 0 Å². The Morgan fingerprint density at radius 1 is 0.692 bits per heavy atom. The third-order valence-corrected chi connectivity index (χ3v) is 10.9. The minimum Gasteiger partial charge on any atom is -0.450 e. The highest BCUT2D eigenvalue weighted by Gasteiger charge is 2.27. The summed E-state index contributed by atoms with van der Waals surface area (Å²) in [7, 11) is 0. The Kier molecular flexibility index (Phi) is 12.0. The summed E-state index contributed by atoms with van der Waals surface area (Å²) in [5, 5.41) is 4.29. The highest BCUT2D eigenvalue weighted by Crippen LogP contribution is 2.40. The number of aryl methyl sites for hydroxylation is 7. The molecule has 0 radical (unpaired) electrons. The first-order chi connectivity index (χ1) is 24.8. The molecule has 1 N–H and O–H groups in total. The summed E-state index contributed by atoms with van der Waals surface area (Å²) in [6.45, 7) is 12.2. The molecule has 8 rings (SSSR count). The van der Waals surface area contributed by atoms with Crippen LogP contribution in [0.2, 0.25) is 5.02 Å². The van der Waals surface area contributed by atoms with Crippen LogP contribution >= 0.6 is 11.6 Å². The van der Waals surface area contributed by atoms with Crippen LogP contribution in [0.15, 0.2) is 72.1 Å². The Balaban J connectivity index is 0.000000178. The van der Waals surface area contributed by atoms with E-state index in [1.807, 2.05) is 30.3 Å². The van der Waals surface area contributed by atoms with Crippen LogP contribution in [-0.2, 0) is 30.4 Å². The fraction of sp³-hybridized carbons (Fsp3) is 0.400. The molecular weight excluding hydrogens is 664 g/mol. The van der Waals surface area contributed by atoms with Crippen molar-refractivity contribution in [2.45, 2.75) is 86.5 Å². The Hall–Kier alpha value is -4.26. The molecular formula is C45H53ClN4O2. The molecule has 0 atom stereocenters. The Labute approximate surface area is 315 Å². The molecule has 2 aromatic carbocycles. The number of benzene rings is 2. The predicted octanol–water partition coefficient (Wildman–Crippen LogP) is 9.81. The van der Waals surface area contributed by atoms with Crippen LogP contribution in [0.3, 0.4) is 0 Å². The molecule has 4 heterocycles. The highest BCUT2D eigenvalue weighted by molar-refractivity contribution is 6.30. The maximum absolute atomic E-state index is 12.1. The lowest BCUT2D eigenvalue weighted by Gasteiger charge is -2.29. The number of pyridine rings is 2. The molecule has 6 nitrogen and oxygen atoms in total. The number of carbonyl (C=O) groups excluding carboxylic acids is 1. The normalized spacial score (nSPS) is 16.5. The van der Waals surface area contributed by atoms with Crippen molar-refractivity contribution in [3.63, 3.8) is 0 Å². The molecule has 272 valence electrons. The minimum atomic E-state index is -0.197. The summed E-state index contributed by atoms with van der Waals surface area (Å²) < 4.78 is 5.18. The van der Waals surface area contributed by atoms with Crippen molar-refractivity contribution in [3.05, 3.63) is 139 Å². The van der Waals surface area contributed by atoms with Gasteiger partial charge in [-0.2, -0.15) is 0 Å². The van der Waals surface area contributed by atoms with E-state index in [1.165, 1.54) is 78.1 Å². The molecule has 2 aliphatic heterocycles. The van der Waals surface area contributed by atoms with Crippen molar-refractivity contribution < 1.29 is 9.53 Å². The van der Waals surface area contributed by atoms with Crippen molar-refractivity contribution in [2.24, 2.45) is 0 Å². The summed E-state index contributed by atoms with van der Waals surface area (Å²) >= 11 is 6.26. The van der Waals surface area contributed by atoms with Crippen LogP contribution in [0.5, 0.6) is 0 Å². The third-order valence-electron chi connectivity index (χ3n) is 10.7. The number of carbonyl (C=O) groups is 1. The zero-order chi connectivity index (χ0) is 35.5. The lowest BCUT2D eigenvalue weighted by molar-refractivity contribution is 0.104. The van der Waals surface area contributed by atoms with Crippen molar-refractivity contribution in [2.75, 3.05) is 32.8 Å². The second kappa shape index (κ2) is 16.6. The molecule has 0 spiro atoms. The molecule has 2 saturated heterocycles. The molecule has 0 saturated carbocycles. The fourth-order valence-corrected chi connectivity index (χ4v) is 8.38. The first-order valence-corrected chi connectivity index (χ1v) is 19.0. The predicted molar refractivity (Wildman–Crippen MR) is 214 cm³/mol. The molecule has 0 bridgehead atoms. The van der Waals surface area contributed by atoms with Crippen LogP contribution in [0, 0.1) is 20.8 Å². The van der Waals surface area contributed by atoms with Gasteiger partial charge in [0, 0.05) is 41.7 Å². The van der Waals surface area contributed by atoms with Crippen molar-refractivity contribution >= 4 is 28.8 Å². The van der Waals surface area contributed by atoms with Crippen LogP contribution in [0.25, 0.3) is 11.1 Å². The van der Waals surface area contributed by atoms with Gasteiger partial charge >= 0.3 is 6.09 Å². The summed E-state index contributed by atoms with van der Waals surface area (Å²) in [4.78, 5) is 23.6. The van der Waals surface area contributed by atoms with Gasteiger partial charge < -0.3 is 15.0 Å². The average molecular weight is 717 g/mol. The van der Waals surface area contributed by atoms with Gasteiger partial charge in [-0.1, -0.05) is 72.1 Å². The molecule has 7 heteroatoms. The molecule has 1 amide bonds. The number of likely N-dealkylation sites (tertiary alicyclic amines) is 1. The number of ether oxygens (including phenoxy) is 1. The van der Waals surface area contributed by atoms with Gasteiger partial charge in [-0.15, -0.1) is 0 Å². The maximum Gasteiger partial charge on any atom is 0.409 e. The number of amides is 1. The SMILES string of the molecule is C.CCOC(=O)N1CCC(=C2c3ccc(C)cc3CCc3cc(C)cnc32)CC1.Cc1cnc2c(c1)CCc1cc(Cl)ccc1C2=C1CCNCC1. The lowest BCUT2D eigenvalue weighted by Crippen LogP contribution is -2.37. The van der Waals surface area contributed by atoms with Gasteiger partial charge in [-0.25, -0.2) is 4.79 Å². The smallest absolute Gasteiger partial charge is 0.409 e. The van der Waals surface area contributed by atoms with Gasteiger partial charge in [0.05, 0.1) is 18.0 Å². The molecule has 2 aromatic heterocycles. The largest absolute Gasteiger partial charge is 0.450 e. The van der Waals surface area contributed by atoms with E-state index < -0.39 is 0 Å². The Morgan fingerprint density at radius 2 is 1.19 bits per heavy atom. The monoisotopic (exact) mass is 716 g/mol. The van der Waals surface area contributed by atoms with Gasteiger partial charge in [0.15, 0.2) is 0 Å². The third kappa shape index (κ3) is 8.04. The Morgan fingerprint density at radius 3 is 1.77 bits per heavy atom. The molecule has 4 aromatic rings. The van der Waals surface area contributed by atoms with Crippen molar-refractivity contribution in [1.82, 2.24) is 20.2 Å². The summed E-state index contributed by atoms with van der Waals surface area (Å²) in [6.07, 6.45) is 11.9. The van der Waals surface area contributed by atoms with E-state index in [-0.39, 0.29) is 13.5 Å². The van der Waals surface area contributed by atoms with E-state index in [0.29, 0.717) is 19.7 Å². The van der Waals surface area contributed by atoms with Gasteiger partial charge in [-0.3, -0.25) is 9.97 Å². The summed E-state index contributed by atoms with van der Waals surface area (Å²) in [5.41, 5.74) is 19.8. The summed E-state index contributed by atoms with van der Waals surface area (Å²) in [5.74, 6) is 0. The number of rotatable bonds is 1. The number of hydrogen-bond donors (Lipinski definition) is 1. The van der Waals surface area contributed by atoms with Crippen LogP contribution in [0.4, 0.5) is 4.79 Å². The molecule has 2 fully saturated rings. The number of fused-ring (bicyclic) bond motifs is 4. The number of nitrogens with one attached hydrogen (secondary N) is 1. The van der Waals surface area contributed by atoms with Gasteiger partial charge in [0.1, 0.15) is 0 Å². The van der Waals surface area contributed by atoms with E-state index >= 15 is 0 Å². The standard InChI is InChI=1S/C24H28N2O2.C20H21ClN2.CH4/c1-4-28-24(27)26-11-9-18(10-12-26)22-21-8-5-16(2)13-19(21)6-7-20-14-17(3)15-25-23(20)22;1-13-10-16-3-2-15-11-17(21)4-5-18(15)19(20(16)23-12-13)14-6-8-22-9-7-14;/h5,8,13-15H,4,6-7,9-12H2,1-3H3;4-5,10-12,22H,2-3,6-9H2,1H3;1H4. The number of nitrogens with zero attached hydrogens (tertiary/aromatic N) is 3. The Bertz CT molecular complexity index is 1900. The maximum atomic E-state index is 12.1. The second-order valence-electron chi connectivity index (χ2n) is 14.4. The fourth-order valence-electron chi connectivity index (χ4n) is 8.19. The number of aromatic nitrogens is 2. The van der Waals surface area contributed by atoms with Gasteiger partial charge in [0.2, 0.25) is 0 Å². The van der Waals surface area contributed by atoms with Crippen LogP contribution in [-0.4, -0.2) is 53.7 Å². The quantitative estimate of drug-likeness (QED) is 0.213. The van der Waals surface area contributed by atoms with Gasteiger partial charge in [-0.05, 0) is 149 Å². The highest BCUT2D eigenvalue weighted by atomic mass is 35.5. The van der Waals surface area contributed by atoms with E-state index in [1.54, 1.807) is 0 Å². The molecule has 2 aliphatic carbocycles. The second-order valence-corrected chi connectivity index (χ2v) is 14.8. The van der Waals surface area contributed by atoms with E-state index in [4.69, 9.17) is 26.3 Å². The van der Waals surface area contributed by atoms with Crippen molar-refractivity contribution in [1.29, 1.82) is 0 Å². The van der Waals surface area contributed by atoms with Gasteiger partial charge in [0.25, 0.3) is 0 Å². The zero-order valence-electron chi connectivity index (χ0n) is 30.5. The minimum absolute atomic E-state index is 0. The van der Waals surface area contributed by atoms with E-state index in [2.05, 4.69) is 68.6 Å². The van der Waals surface area contributed by atoms with Crippen LogP contribution in [0.1, 0.15) is 101 Å². The zero-order valence-corrected chi connectivity index (χ0v) is 31.3. The lowest BCUT2D eigenvalue weighted by atomic mass is 9.88. The topological polar surface area (TPSA) is 67.3 Å². The summed E-state index contributed by atoms with van der Waals surface area (Å²) in [6, 6.07) is 17.7. The number of halogens is 1. The average Bonchev–Trinajstić information content (AvgIpc) is 3.39. The number of piperidine rings is 2. The van der Waals surface area contributed by atoms with E-state index in [9.17, 15) is 4.79 Å². The molecule has 52 heavy (non-hydrogen) atoms. The number of hydrogen-bond acceptors (Lipinski definition) is 5. The first-order valence-electron chi connectivity index (χ1n) is 18.7. The van der Waals surface area contributed by atoms with E-state index in [0.717, 1.165) is 75.2 Å². The first kappa shape index (κ1) is 37.5. The van der Waals surface area contributed by atoms with Crippen LogP contribution < -0.4 is 5.32 Å². The molecule has 0 unspecified atom stereocenters.